The lowest BCUT2D eigenvalue weighted by atomic mass is 10.0. The van der Waals surface area contributed by atoms with Gasteiger partial charge in [0.1, 0.15) is 13.2 Å². The van der Waals surface area contributed by atoms with E-state index in [1.807, 2.05) is 0 Å². The van der Waals surface area contributed by atoms with E-state index in [0.717, 1.165) is 64.2 Å². The first-order valence-electron chi connectivity index (χ1n) is 24.7. The van der Waals surface area contributed by atoms with E-state index < -0.39 is 6.10 Å². The second kappa shape index (κ2) is 45.8. The van der Waals surface area contributed by atoms with Crippen molar-refractivity contribution in [3.63, 3.8) is 0 Å². The summed E-state index contributed by atoms with van der Waals surface area (Å²) in [4.78, 5) is 37.8. The molecule has 0 aliphatic carbocycles. The van der Waals surface area contributed by atoms with E-state index in [4.69, 9.17) is 14.2 Å². The van der Waals surface area contributed by atoms with Crippen molar-refractivity contribution in [1.29, 1.82) is 0 Å². The highest BCUT2D eigenvalue weighted by molar-refractivity contribution is 5.71. The maximum Gasteiger partial charge on any atom is 0.306 e. The minimum Gasteiger partial charge on any atom is -0.462 e. The van der Waals surface area contributed by atoms with Gasteiger partial charge in [-0.2, -0.15) is 0 Å². The van der Waals surface area contributed by atoms with Crippen LogP contribution in [0.2, 0.25) is 0 Å². The predicted octanol–water partition coefficient (Wildman–Crippen LogP) is 15.8. The molecular formula is C50H94O6. The Morgan fingerprint density at radius 3 is 0.911 bits per heavy atom. The third-order valence-corrected chi connectivity index (χ3v) is 11.0. The summed E-state index contributed by atoms with van der Waals surface area (Å²) in [7, 11) is 0. The molecule has 0 bridgehead atoms. The topological polar surface area (TPSA) is 78.9 Å². The zero-order valence-electron chi connectivity index (χ0n) is 37.7. The largest absolute Gasteiger partial charge is 0.462 e. The molecular weight excluding hydrogens is 697 g/mol. The van der Waals surface area contributed by atoms with Gasteiger partial charge >= 0.3 is 17.9 Å². The molecule has 0 aromatic heterocycles. The van der Waals surface area contributed by atoms with Crippen LogP contribution in [0.5, 0.6) is 0 Å². The molecule has 1 unspecified atom stereocenters. The Morgan fingerprint density at radius 2 is 0.589 bits per heavy atom. The van der Waals surface area contributed by atoms with Crippen LogP contribution in [0.4, 0.5) is 0 Å². The molecule has 56 heavy (non-hydrogen) atoms. The minimum atomic E-state index is -0.767. The van der Waals surface area contributed by atoms with Crippen LogP contribution in [-0.2, 0) is 28.6 Å². The van der Waals surface area contributed by atoms with Gasteiger partial charge in [0.05, 0.1) is 0 Å². The van der Waals surface area contributed by atoms with Crippen molar-refractivity contribution in [1.82, 2.24) is 0 Å². The van der Waals surface area contributed by atoms with Gasteiger partial charge in [-0.3, -0.25) is 14.4 Å². The maximum absolute atomic E-state index is 12.7. The molecule has 0 aliphatic rings. The quantitative estimate of drug-likeness (QED) is 0.0264. The Balaban J connectivity index is 4.34. The van der Waals surface area contributed by atoms with Crippen LogP contribution in [-0.4, -0.2) is 37.2 Å². The lowest BCUT2D eigenvalue weighted by molar-refractivity contribution is -0.167. The second-order valence-electron chi connectivity index (χ2n) is 16.7. The molecule has 330 valence electrons. The first kappa shape index (κ1) is 54.2. The van der Waals surface area contributed by atoms with E-state index in [2.05, 4.69) is 32.9 Å². The molecule has 0 amide bonds. The van der Waals surface area contributed by atoms with E-state index in [1.165, 1.54) is 167 Å². The van der Waals surface area contributed by atoms with E-state index >= 15 is 0 Å². The third kappa shape index (κ3) is 43.3. The summed E-state index contributed by atoms with van der Waals surface area (Å²) in [6, 6.07) is 0. The third-order valence-electron chi connectivity index (χ3n) is 11.0. The van der Waals surface area contributed by atoms with Crippen molar-refractivity contribution >= 4 is 17.9 Å². The Morgan fingerprint density at radius 1 is 0.339 bits per heavy atom. The van der Waals surface area contributed by atoms with Crippen molar-refractivity contribution in [2.75, 3.05) is 13.2 Å². The summed E-state index contributed by atoms with van der Waals surface area (Å²) in [6.07, 6.45) is 49.0. The molecule has 0 fully saturated rings. The number of hydrogen-bond donors (Lipinski definition) is 0. The minimum absolute atomic E-state index is 0.0699. The summed E-state index contributed by atoms with van der Waals surface area (Å²) in [5, 5.41) is 0. The zero-order valence-corrected chi connectivity index (χ0v) is 37.7. The molecule has 0 saturated carbocycles. The van der Waals surface area contributed by atoms with Crippen molar-refractivity contribution in [2.24, 2.45) is 0 Å². The molecule has 0 rings (SSSR count). The average molecular weight is 791 g/mol. The normalized spacial score (nSPS) is 12.0. The highest BCUT2D eigenvalue weighted by Gasteiger charge is 2.19. The highest BCUT2D eigenvalue weighted by atomic mass is 16.6. The van der Waals surface area contributed by atoms with Crippen LogP contribution in [0, 0.1) is 0 Å². The van der Waals surface area contributed by atoms with Gasteiger partial charge in [0, 0.05) is 19.3 Å². The standard InChI is InChI=1S/C50H94O6/c1-4-7-10-13-16-19-22-24-26-28-31-34-37-40-43-49(52)55-46-47(45-54-48(51)42-39-36-33-30-21-18-15-12-9-6-3)56-50(53)44-41-38-35-32-29-27-25-23-20-17-14-11-8-5-2/h26,28,47H,4-25,27,29-46H2,1-3H3/b28-26-. The van der Waals surface area contributed by atoms with Gasteiger partial charge < -0.3 is 14.2 Å². The Bertz CT molecular complexity index is 870. The lowest BCUT2D eigenvalue weighted by Crippen LogP contribution is -2.30. The number of carbonyl (C=O) groups excluding carboxylic acids is 3. The summed E-state index contributed by atoms with van der Waals surface area (Å²) in [5.41, 5.74) is 0. The van der Waals surface area contributed by atoms with Crippen molar-refractivity contribution < 1.29 is 28.6 Å². The average Bonchev–Trinajstić information content (AvgIpc) is 3.19. The van der Waals surface area contributed by atoms with Crippen molar-refractivity contribution in [3.05, 3.63) is 12.2 Å². The van der Waals surface area contributed by atoms with E-state index in [1.54, 1.807) is 0 Å². The smallest absolute Gasteiger partial charge is 0.306 e. The number of unbranched alkanes of at least 4 members (excludes halogenated alkanes) is 32. The lowest BCUT2D eigenvalue weighted by Gasteiger charge is -2.18. The molecule has 0 aromatic carbocycles. The molecule has 6 heteroatoms. The maximum atomic E-state index is 12.7. The van der Waals surface area contributed by atoms with Crippen LogP contribution < -0.4 is 0 Å². The molecule has 0 spiro atoms. The van der Waals surface area contributed by atoms with E-state index in [-0.39, 0.29) is 31.1 Å². The van der Waals surface area contributed by atoms with Gasteiger partial charge in [0.2, 0.25) is 0 Å². The Labute approximate surface area is 348 Å². The second-order valence-corrected chi connectivity index (χ2v) is 16.7. The van der Waals surface area contributed by atoms with Crippen molar-refractivity contribution in [3.8, 4) is 0 Å². The van der Waals surface area contributed by atoms with Gasteiger partial charge in [-0.25, -0.2) is 0 Å². The molecule has 0 N–H and O–H groups in total. The summed E-state index contributed by atoms with van der Waals surface area (Å²) in [5.74, 6) is -0.875. The Hall–Kier alpha value is -1.85. The SMILES string of the molecule is CCCCCCCCC/C=C\CCCCCC(=O)OCC(COC(=O)CCCCCCCCCCCC)OC(=O)CCCCCCCCCCCCCCCC. The van der Waals surface area contributed by atoms with Crippen LogP contribution in [0.1, 0.15) is 271 Å². The van der Waals surface area contributed by atoms with Crippen LogP contribution in [0.15, 0.2) is 12.2 Å². The highest BCUT2D eigenvalue weighted by Crippen LogP contribution is 2.16. The first-order valence-corrected chi connectivity index (χ1v) is 24.7. The monoisotopic (exact) mass is 791 g/mol. The fourth-order valence-electron chi connectivity index (χ4n) is 7.26. The number of hydrogen-bond acceptors (Lipinski definition) is 6. The van der Waals surface area contributed by atoms with E-state index in [0.29, 0.717) is 19.3 Å². The molecule has 0 heterocycles. The fraction of sp³-hybridized carbons (Fsp3) is 0.900. The molecule has 0 aliphatic heterocycles. The zero-order chi connectivity index (χ0) is 40.8. The number of esters is 3. The van der Waals surface area contributed by atoms with Gasteiger partial charge in [0.15, 0.2) is 6.10 Å². The van der Waals surface area contributed by atoms with Crippen LogP contribution >= 0.6 is 0 Å². The Kier molecular flexibility index (Phi) is 44.3. The number of rotatable bonds is 45. The predicted molar refractivity (Wildman–Crippen MR) is 238 cm³/mol. The fourth-order valence-corrected chi connectivity index (χ4v) is 7.26. The number of ether oxygens (including phenoxy) is 3. The molecule has 0 aromatic rings. The summed E-state index contributed by atoms with van der Waals surface area (Å²) < 4.78 is 16.7. The van der Waals surface area contributed by atoms with Crippen molar-refractivity contribution in [2.45, 2.75) is 277 Å². The first-order chi connectivity index (χ1) is 27.5. The molecule has 0 saturated heterocycles. The van der Waals surface area contributed by atoms with E-state index in [9.17, 15) is 14.4 Å². The molecule has 1 atom stereocenters. The molecule has 0 radical (unpaired) electrons. The number of carbonyl (C=O) groups is 3. The van der Waals surface area contributed by atoms with Crippen LogP contribution in [0.3, 0.4) is 0 Å². The van der Waals surface area contributed by atoms with Gasteiger partial charge in [0.25, 0.3) is 0 Å². The van der Waals surface area contributed by atoms with Crippen LogP contribution in [0.25, 0.3) is 0 Å². The molecule has 6 nitrogen and oxygen atoms in total. The summed E-state index contributed by atoms with van der Waals surface area (Å²) >= 11 is 0. The van der Waals surface area contributed by atoms with Gasteiger partial charge in [-0.1, -0.05) is 219 Å². The van der Waals surface area contributed by atoms with Gasteiger partial charge in [-0.15, -0.1) is 0 Å². The summed E-state index contributed by atoms with van der Waals surface area (Å²) in [6.45, 7) is 6.63. The number of allylic oxidation sites excluding steroid dienone is 2. The van der Waals surface area contributed by atoms with Gasteiger partial charge in [-0.05, 0) is 44.9 Å².